The standard InChI is InChI=1S/C19H23N3O4/c1-21(2)13-8-7-12(19(25)26)10-22(11-13)18(24)16-9-20-17(23)15-6-4-3-5-14(15)16/h3-6,9,12-13H,7-8,10-11H2,1-2H3,(H,20,23)(H,25,26)/t12-,13+/m0/s1. The molecule has 1 fully saturated rings. The molecule has 7 nitrogen and oxygen atoms in total. The largest absolute Gasteiger partial charge is 0.481 e. The third kappa shape index (κ3) is 3.48. The Morgan fingerprint density at radius 3 is 2.50 bits per heavy atom. The van der Waals surface area contributed by atoms with E-state index in [0.29, 0.717) is 29.3 Å². The molecule has 0 saturated carbocycles. The van der Waals surface area contributed by atoms with E-state index in [1.165, 1.54) is 6.20 Å². The molecule has 1 aliphatic rings. The number of carbonyl (C=O) groups excluding carboxylic acids is 1. The number of aromatic amines is 1. The lowest BCUT2D eigenvalue weighted by molar-refractivity contribution is -0.142. The molecule has 1 amide bonds. The van der Waals surface area contributed by atoms with E-state index in [1.807, 2.05) is 19.0 Å². The minimum absolute atomic E-state index is 0.0947. The Morgan fingerprint density at radius 2 is 1.85 bits per heavy atom. The van der Waals surface area contributed by atoms with Gasteiger partial charge in [0.1, 0.15) is 0 Å². The van der Waals surface area contributed by atoms with Crippen molar-refractivity contribution in [3.63, 3.8) is 0 Å². The van der Waals surface area contributed by atoms with Gasteiger partial charge in [0.05, 0.1) is 11.5 Å². The number of likely N-dealkylation sites (tertiary alicyclic amines) is 1. The number of carbonyl (C=O) groups is 2. The number of amides is 1. The minimum atomic E-state index is -0.881. The van der Waals surface area contributed by atoms with Gasteiger partial charge in [-0.2, -0.15) is 0 Å². The average Bonchev–Trinajstić information content (AvgIpc) is 2.85. The summed E-state index contributed by atoms with van der Waals surface area (Å²) in [5.41, 5.74) is 0.145. The van der Waals surface area contributed by atoms with Crippen LogP contribution in [0.5, 0.6) is 0 Å². The summed E-state index contributed by atoms with van der Waals surface area (Å²) in [6, 6.07) is 7.05. The molecule has 26 heavy (non-hydrogen) atoms. The van der Waals surface area contributed by atoms with Crippen LogP contribution in [-0.4, -0.2) is 65.0 Å². The second-order valence-electron chi connectivity index (χ2n) is 7.02. The molecule has 1 aliphatic heterocycles. The van der Waals surface area contributed by atoms with Gasteiger partial charge >= 0.3 is 5.97 Å². The van der Waals surface area contributed by atoms with Crippen LogP contribution < -0.4 is 5.56 Å². The molecule has 2 N–H and O–H groups in total. The van der Waals surface area contributed by atoms with E-state index < -0.39 is 11.9 Å². The predicted molar refractivity (Wildman–Crippen MR) is 98.3 cm³/mol. The molecule has 1 aromatic heterocycles. The Kier molecular flexibility index (Phi) is 5.08. The average molecular weight is 357 g/mol. The van der Waals surface area contributed by atoms with Gasteiger partial charge in [0, 0.05) is 36.1 Å². The van der Waals surface area contributed by atoms with Crippen molar-refractivity contribution in [2.24, 2.45) is 5.92 Å². The van der Waals surface area contributed by atoms with Gasteiger partial charge in [-0.15, -0.1) is 0 Å². The van der Waals surface area contributed by atoms with Crippen molar-refractivity contribution in [2.75, 3.05) is 27.2 Å². The monoisotopic (exact) mass is 357 g/mol. The highest BCUT2D eigenvalue weighted by Gasteiger charge is 2.32. The molecule has 7 heteroatoms. The van der Waals surface area contributed by atoms with Crippen molar-refractivity contribution in [3.8, 4) is 0 Å². The Hall–Kier alpha value is -2.67. The normalized spacial score (nSPS) is 21.0. The van der Waals surface area contributed by atoms with Gasteiger partial charge in [-0.05, 0) is 33.0 Å². The Morgan fingerprint density at radius 1 is 1.15 bits per heavy atom. The second kappa shape index (κ2) is 7.29. The lowest BCUT2D eigenvalue weighted by atomic mass is 10.0. The first-order chi connectivity index (χ1) is 12.4. The number of benzene rings is 1. The maximum Gasteiger partial charge on any atom is 0.308 e. The summed E-state index contributed by atoms with van der Waals surface area (Å²) in [6.07, 6.45) is 2.69. The van der Waals surface area contributed by atoms with E-state index in [-0.39, 0.29) is 24.1 Å². The number of rotatable bonds is 3. The molecule has 1 saturated heterocycles. The van der Waals surface area contributed by atoms with Crippen molar-refractivity contribution >= 4 is 22.6 Å². The highest BCUT2D eigenvalue weighted by molar-refractivity contribution is 6.06. The lowest BCUT2D eigenvalue weighted by Crippen LogP contribution is -2.43. The van der Waals surface area contributed by atoms with Gasteiger partial charge in [0.25, 0.3) is 11.5 Å². The zero-order valence-corrected chi connectivity index (χ0v) is 14.9. The quantitative estimate of drug-likeness (QED) is 0.866. The number of aromatic nitrogens is 1. The smallest absolute Gasteiger partial charge is 0.308 e. The van der Waals surface area contributed by atoms with Crippen molar-refractivity contribution in [3.05, 3.63) is 46.4 Å². The van der Waals surface area contributed by atoms with Crippen LogP contribution in [0.2, 0.25) is 0 Å². The first-order valence-corrected chi connectivity index (χ1v) is 8.67. The summed E-state index contributed by atoms with van der Waals surface area (Å²) in [7, 11) is 3.87. The molecular formula is C19H23N3O4. The predicted octanol–water partition coefficient (Wildman–Crippen LogP) is 1.40. The minimum Gasteiger partial charge on any atom is -0.481 e. The molecule has 0 bridgehead atoms. The molecule has 0 radical (unpaired) electrons. The fourth-order valence-electron chi connectivity index (χ4n) is 3.52. The summed E-state index contributed by atoms with van der Waals surface area (Å²) in [4.78, 5) is 43.0. The van der Waals surface area contributed by atoms with E-state index in [9.17, 15) is 19.5 Å². The van der Waals surface area contributed by atoms with Gasteiger partial charge < -0.3 is 19.9 Å². The van der Waals surface area contributed by atoms with E-state index in [0.717, 1.165) is 6.42 Å². The number of H-pyrrole nitrogens is 1. The molecule has 2 aromatic rings. The van der Waals surface area contributed by atoms with E-state index in [2.05, 4.69) is 4.98 Å². The highest BCUT2D eigenvalue weighted by atomic mass is 16.4. The van der Waals surface area contributed by atoms with Crippen molar-refractivity contribution < 1.29 is 14.7 Å². The summed E-state index contributed by atoms with van der Waals surface area (Å²) in [6.45, 7) is 0.634. The van der Waals surface area contributed by atoms with Gasteiger partial charge in [0.15, 0.2) is 0 Å². The molecular weight excluding hydrogens is 334 g/mol. The first kappa shape index (κ1) is 18.1. The van der Waals surface area contributed by atoms with E-state index >= 15 is 0 Å². The SMILES string of the molecule is CN(C)[C@@H]1CC[C@H](C(=O)O)CN(C(=O)c2c[nH]c(=O)c3ccccc23)C1. The maximum absolute atomic E-state index is 13.2. The van der Waals surface area contributed by atoms with Gasteiger partial charge in [-0.1, -0.05) is 18.2 Å². The number of fused-ring (bicyclic) bond motifs is 1. The number of nitrogens with zero attached hydrogens (tertiary/aromatic N) is 2. The number of hydrogen-bond donors (Lipinski definition) is 2. The van der Waals surface area contributed by atoms with Crippen LogP contribution in [0.25, 0.3) is 10.8 Å². The van der Waals surface area contributed by atoms with Crippen LogP contribution in [0, 0.1) is 5.92 Å². The molecule has 138 valence electrons. The molecule has 0 unspecified atom stereocenters. The number of carboxylic acid groups (broad SMARTS) is 1. The van der Waals surface area contributed by atoms with Crippen LogP contribution >= 0.6 is 0 Å². The van der Waals surface area contributed by atoms with Crippen LogP contribution in [0.3, 0.4) is 0 Å². The molecule has 1 aromatic carbocycles. The van der Waals surface area contributed by atoms with Crippen molar-refractivity contribution in [2.45, 2.75) is 18.9 Å². The van der Waals surface area contributed by atoms with E-state index in [4.69, 9.17) is 0 Å². The summed E-state index contributed by atoms with van der Waals surface area (Å²) < 4.78 is 0. The molecule has 2 atom stereocenters. The van der Waals surface area contributed by atoms with Crippen LogP contribution in [0.1, 0.15) is 23.2 Å². The number of likely N-dealkylation sites (N-methyl/N-ethyl adjacent to an activating group) is 1. The number of nitrogens with one attached hydrogen (secondary N) is 1. The lowest BCUT2D eigenvalue weighted by Gasteiger charge is -2.29. The first-order valence-electron chi connectivity index (χ1n) is 8.67. The van der Waals surface area contributed by atoms with Crippen LogP contribution in [-0.2, 0) is 4.79 Å². The fourth-order valence-corrected chi connectivity index (χ4v) is 3.52. The molecule has 2 heterocycles. The van der Waals surface area contributed by atoms with Gasteiger partial charge in [-0.3, -0.25) is 14.4 Å². The molecule has 0 aliphatic carbocycles. The van der Waals surface area contributed by atoms with Crippen molar-refractivity contribution in [1.29, 1.82) is 0 Å². The summed E-state index contributed by atoms with van der Waals surface area (Å²) >= 11 is 0. The summed E-state index contributed by atoms with van der Waals surface area (Å²) in [5.74, 6) is -1.72. The summed E-state index contributed by atoms with van der Waals surface area (Å²) in [5, 5.41) is 10.5. The Balaban J connectivity index is 2.00. The second-order valence-corrected chi connectivity index (χ2v) is 7.02. The van der Waals surface area contributed by atoms with E-state index in [1.54, 1.807) is 29.2 Å². The van der Waals surface area contributed by atoms with Crippen LogP contribution in [0.4, 0.5) is 0 Å². The van der Waals surface area contributed by atoms with Crippen LogP contribution in [0.15, 0.2) is 35.3 Å². The zero-order valence-electron chi connectivity index (χ0n) is 14.9. The highest BCUT2D eigenvalue weighted by Crippen LogP contribution is 2.23. The maximum atomic E-state index is 13.2. The number of carboxylic acids is 1. The number of pyridine rings is 1. The number of aliphatic carboxylic acids is 1. The topological polar surface area (TPSA) is 93.7 Å². The fraction of sp³-hybridized carbons (Fsp3) is 0.421. The Bertz CT molecular complexity index is 890. The zero-order chi connectivity index (χ0) is 18.8. The van der Waals surface area contributed by atoms with Gasteiger partial charge in [0.2, 0.25) is 0 Å². The third-order valence-electron chi connectivity index (χ3n) is 5.13. The van der Waals surface area contributed by atoms with Gasteiger partial charge in [-0.25, -0.2) is 0 Å². The van der Waals surface area contributed by atoms with Crippen molar-refractivity contribution in [1.82, 2.24) is 14.8 Å². The number of hydrogen-bond acceptors (Lipinski definition) is 4. The third-order valence-corrected chi connectivity index (χ3v) is 5.13. The molecule has 3 rings (SSSR count). The molecule has 0 spiro atoms. The Labute approximate surface area is 151 Å².